The van der Waals surface area contributed by atoms with Crippen LogP contribution in [0.1, 0.15) is 24.5 Å². The molecule has 0 amide bonds. The topological polar surface area (TPSA) is 49.8 Å². The van der Waals surface area contributed by atoms with E-state index in [1.54, 1.807) is 6.20 Å². The van der Waals surface area contributed by atoms with Crippen LogP contribution in [0.2, 0.25) is 5.02 Å². The van der Waals surface area contributed by atoms with Crippen molar-refractivity contribution in [3.8, 4) is 0 Å². The van der Waals surface area contributed by atoms with Crippen molar-refractivity contribution in [2.45, 2.75) is 27.2 Å². The number of halogens is 1. The van der Waals surface area contributed by atoms with Gasteiger partial charge in [-0.3, -0.25) is 0 Å². The maximum Gasteiger partial charge on any atom is 0.224 e. The molecule has 0 aliphatic rings. The van der Waals surface area contributed by atoms with Crippen molar-refractivity contribution in [2.24, 2.45) is 0 Å². The van der Waals surface area contributed by atoms with E-state index in [0.717, 1.165) is 35.6 Å². The zero-order valence-electron chi connectivity index (χ0n) is 12.0. The molecule has 106 valence electrons. The average Bonchev–Trinajstić information content (AvgIpc) is 2.43. The molecule has 2 rings (SSSR count). The van der Waals surface area contributed by atoms with Crippen molar-refractivity contribution in [2.75, 3.05) is 17.2 Å². The fourth-order valence-electron chi connectivity index (χ4n) is 1.80. The third-order valence-corrected chi connectivity index (χ3v) is 3.29. The maximum absolute atomic E-state index is 6.23. The minimum absolute atomic E-state index is 0.629. The van der Waals surface area contributed by atoms with Crippen LogP contribution in [0.3, 0.4) is 0 Å². The van der Waals surface area contributed by atoms with Crippen LogP contribution in [0.5, 0.6) is 0 Å². The molecule has 1 heterocycles. The molecule has 5 heteroatoms. The number of hydrogen-bond acceptors (Lipinski definition) is 4. The molecule has 0 bridgehead atoms. The maximum atomic E-state index is 6.23. The van der Waals surface area contributed by atoms with Crippen LogP contribution in [-0.2, 0) is 0 Å². The zero-order valence-corrected chi connectivity index (χ0v) is 12.8. The molecule has 0 aliphatic carbocycles. The molecule has 0 radical (unpaired) electrons. The van der Waals surface area contributed by atoms with Gasteiger partial charge < -0.3 is 10.6 Å². The minimum atomic E-state index is 0.629. The van der Waals surface area contributed by atoms with Gasteiger partial charge in [0.2, 0.25) is 5.95 Å². The predicted octanol–water partition coefficient (Wildman–Crippen LogP) is 4.31. The Kier molecular flexibility index (Phi) is 4.79. The fraction of sp³-hybridized carbons (Fsp3) is 0.333. The van der Waals surface area contributed by atoms with Crippen LogP contribution in [0, 0.1) is 13.8 Å². The van der Waals surface area contributed by atoms with Gasteiger partial charge in [-0.25, -0.2) is 4.98 Å². The van der Waals surface area contributed by atoms with E-state index in [-0.39, 0.29) is 0 Å². The molecule has 0 atom stereocenters. The van der Waals surface area contributed by atoms with Crippen molar-refractivity contribution in [3.05, 3.63) is 40.5 Å². The van der Waals surface area contributed by atoms with Crippen molar-refractivity contribution in [1.29, 1.82) is 0 Å². The Bertz CT molecular complexity index is 578. The second kappa shape index (κ2) is 6.57. The lowest BCUT2D eigenvalue weighted by Gasteiger charge is -2.13. The summed E-state index contributed by atoms with van der Waals surface area (Å²) < 4.78 is 0. The van der Waals surface area contributed by atoms with Gasteiger partial charge in [0.05, 0.1) is 10.7 Å². The monoisotopic (exact) mass is 290 g/mol. The number of para-hydroxylation sites is 1. The van der Waals surface area contributed by atoms with E-state index in [1.807, 2.05) is 32.0 Å². The number of rotatable bonds is 5. The molecule has 4 nitrogen and oxygen atoms in total. The van der Waals surface area contributed by atoms with Gasteiger partial charge in [-0.15, -0.1) is 0 Å². The average molecular weight is 291 g/mol. The highest BCUT2D eigenvalue weighted by Gasteiger charge is 2.08. The number of aryl methyl sites for hydroxylation is 2. The van der Waals surface area contributed by atoms with Crippen molar-refractivity contribution in [1.82, 2.24) is 9.97 Å². The van der Waals surface area contributed by atoms with Gasteiger partial charge in [-0.05, 0) is 31.9 Å². The van der Waals surface area contributed by atoms with Gasteiger partial charge in [0.15, 0.2) is 0 Å². The van der Waals surface area contributed by atoms with Crippen molar-refractivity contribution >= 4 is 29.1 Å². The first-order valence-electron chi connectivity index (χ1n) is 6.71. The Hall–Kier alpha value is -1.81. The fourth-order valence-corrected chi connectivity index (χ4v) is 2.07. The Labute approximate surface area is 124 Å². The lowest BCUT2D eigenvalue weighted by atomic mass is 10.2. The summed E-state index contributed by atoms with van der Waals surface area (Å²) in [5.74, 6) is 1.40. The van der Waals surface area contributed by atoms with Crippen LogP contribution in [0.4, 0.5) is 17.5 Å². The highest BCUT2D eigenvalue weighted by Crippen LogP contribution is 2.29. The van der Waals surface area contributed by atoms with Crippen molar-refractivity contribution in [3.63, 3.8) is 0 Å². The largest absolute Gasteiger partial charge is 0.354 e. The van der Waals surface area contributed by atoms with Gasteiger partial charge in [0.1, 0.15) is 5.82 Å². The normalized spacial score (nSPS) is 10.4. The number of hydrogen-bond donors (Lipinski definition) is 2. The first kappa shape index (κ1) is 14.6. The first-order valence-corrected chi connectivity index (χ1v) is 7.09. The lowest BCUT2D eigenvalue weighted by Crippen LogP contribution is -2.07. The van der Waals surface area contributed by atoms with Crippen molar-refractivity contribution < 1.29 is 0 Å². The van der Waals surface area contributed by atoms with Crippen LogP contribution in [-0.4, -0.2) is 16.5 Å². The Balaban J connectivity index is 2.28. The summed E-state index contributed by atoms with van der Waals surface area (Å²) in [7, 11) is 0. The predicted molar refractivity (Wildman–Crippen MR) is 85.0 cm³/mol. The quantitative estimate of drug-likeness (QED) is 0.861. The van der Waals surface area contributed by atoms with Gasteiger partial charge in [0.25, 0.3) is 0 Å². The van der Waals surface area contributed by atoms with E-state index < -0.39 is 0 Å². The summed E-state index contributed by atoms with van der Waals surface area (Å²) in [5.41, 5.74) is 2.95. The highest BCUT2D eigenvalue weighted by molar-refractivity contribution is 6.33. The molecule has 0 fully saturated rings. The minimum Gasteiger partial charge on any atom is -0.354 e. The van der Waals surface area contributed by atoms with Gasteiger partial charge in [-0.1, -0.05) is 30.7 Å². The standard InChI is InChI=1S/C15H19ClN4/c1-4-8-17-15-18-9-11(3)14(20-15)19-13-10(2)6-5-7-12(13)16/h5-7,9H,4,8H2,1-3H3,(H2,17,18,19,20). The summed E-state index contributed by atoms with van der Waals surface area (Å²) in [4.78, 5) is 8.76. The third-order valence-electron chi connectivity index (χ3n) is 2.97. The van der Waals surface area contributed by atoms with Gasteiger partial charge >= 0.3 is 0 Å². The molecule has 2 N–H and O–H groups in total. The number of anilines is 3. The Morgan fingerprint density at radius 2 is 2.00 bits per heavy atom. The number of nitrogens with one attached hydrogen (secondary N) is 2. The van der Waals surface area contributed by atoms with E-state index in [0.29, 0.717) is 11.0 Å². The number of aromatic nitrogens is 2. The smallest absolute Gasteiger partial charge is 0.224 e. The van der Waals surface area contributed by atoms with E-state index in [2.05, 4.69) is 27.5 Å². The third kappa shape index (κ3) is 3.39. The number of nitrogens with zero attached hydrogens (tertiary/aromatic N) is 2. The summed E-state index contributed by atoms with van der Waals surface area (Å²) >= 11 is 6.23. The lowest BCUT2D eigenvalue weighted by molar-refractivity contribution is 0.950. The molecule has 1 aromatic heterocycles. The zero-order chi connectivity index (χ0) is 14.5. The molecule has 1 aromatic carbocycles. The second-order valence-electron chi connectivity index (χ2n) is 4.71. The van der Waals surface area contributed by atoms with Gasteiger partial charge in [-0.2, -0.15) is 4.98 Å². The van der Waals surface area contributed by atoms with E-state index >= 15 is 0 Å². The summed E-state index contributed by atoms with van der Waals surface area (Å²) in [5, 5.41) is 7.17. The molecule has 2 aromatic rings. The van der Waals surface area contributed by atoms with E-state index in [4.69, 9.17) is 11.6 Å². The van der Waals surface area contributed by atoms with Gasteiger partial charge in [0, 0.05) is 18.3 Å². The van der Waals surface area contributed by atoms with Crippen LogP contribution in [0.25, 0.3) is 0 Å². The molecule has 0 saturated carbocycles. The van der Waals surface area contributed by atoms with Crippen LogP contribution in [0.15, 0.2) is 24.4 Å². The molecule has 0 unspecified atom stereocenters. The van der Waals surface area contributed by atoms with Crippen LogP contribution >= 0.6 is 11.6 Å². The Morgan fingerprint density at radius 1 is 1.20 bits per heavy atom. The van der Waals surface area contributed by atoms with E-state index in [9.17, 15) is 0 Å². The van der Waals surface area contributed by atoms with E-state index in [1.165, 1.54) is 0 Å². The molecule has 20 heavy (non-hydrogen) atoms. The first-order chi connectivity index (χ1) is 9.61. The summed E-state index contributed by atoms with van der Waals surface area (Å²) in [6.45, 7) is 6.94. The molecule has 0 saturated heterocycles. The molecule has 0 aliphatic heterocycles. The number of benzene rings is 1. The van der Waals surface area contributed by atoms with Crippen LogP contribution < -0.4 is 10.6 Å². The Morgan fingerprint density at radius 3 is 2.70 bits per heavy atom. The molecule has 0 spiro atoms. The highest BCUT2D eigenvalue weighted by atomic mass is 35.5. The summed E-state index contributed by atoms with van der Waals surface area (Å²) in [6, 6.07) is 5.81. The molecular weight excluding hydrogens is 272 g/mol. The second-order valence-corrected chi connectivity index (χ2v) is 5.12. The summed E-state index contributed by atoms with van der Waals surface area (Å²) in [6.07, 6.45) is 2.84. The SMILES string of the molecule is CCCNc1ncc(C)c(Nc2c(C)cccc2Cl)n1. The molecular formula is C15H19ClN4.